The second-order valence-electron chi connectivity index (χ2n) is 5.22. The third kappa shape index (κ3) is 3.54. The van der Waals surface area contributed by atoms with Gasteiger partial charge in [0.25, 0.3) is 17.5 Å². The lowest BCUT2D eigenvalue weighted by Crippen LogP contribution is -2.30. The predicted molar refractivity (Wildman–Crippen MR) is 92.2 cm³/mol. The minimum Gasteiger partial charge on any atom is -0.266 e. The van der Waals surface area contributed by atoms with Crippen molar-refractivity contribution in [3.8, 4) is 0 Å². The Kier molecular flexibility index (Phi) is 5.11. The van der Waals surface area contributed by atoms with Gasteiger partial charge in [0.15, 0.2) is 0 Å². The molecule has 0 aliphatic carbocycles. The second-order valence-corrected chi connectivity index (χ2v) is 6.33. The number of carbonyl (C=O) groups excluding carboxylic acids is 2. The molecule has 1 aliphatic heterocycles. The van der Waals surface area contributed by atoms with Crippen LogP contribution in [0.15, 0.2) is 48.5 Å². The Labute approximate surface area is 147 Å². The topological polar surface area (TPSA) is 89.8 Å². The van der Waals surface area contributed by atoms with Gasteiger partial charge in [0, 0.05) is 23.1 Å². The fourth-order valence-electron chi connectivity index (χ4n) is 2.46. The highest BCUT2D eigenvalue weighted by atomic mass is 32.2. The molecule has 0 unspecified atom stereocenters. The molecule has 0 saturated carbocycles. The molecule has 0 bridgehead atoms. The summed E-state index contributed by atoms with van der Waals surface area (Å²) in [7, 11) is 0. The monoisotopic (exact) mass is 358 g/mol. The summed E-state index contributed by atoms with van der Waals surface area (Å²) in [5.41, 5.74) is 1.37. The molecule has 0 fully saturated rings. The Morgan fingerprint density at radius 1 is 1.00 bits per heavy atom. The molecule has 7 nitrogen and oxygen atoms in total. The van der Waals surface area contributed by atoms with Crippen LogP contribution in [0.5, 0.6) is 0 Å². The third-order valence-corrected chi connectivity index (χ3v) is 4.62. The number of benzene rings is 2. The second kappa shape index (κ2) is 7.45. The summed E-state index contributed by atoms with van der Waals surface area (Å²) < 4.78 is 0. The minimum atomic E-state index is -0.468. The van der Waals surface area contributed by atoms with E-state index < -0.39 is 16.7 Å². The van der Waals surface area contributed by atoms with Crippen LogP contribution >= 0.6 is 11.8 Å². The number of imide groups is 1. The van der Waals surface area contributed by atoms with Crippen LogP contribution in [0.3, 0.4) is 0 Å². The Bertz CT molecular complexity index is 804. The van der Waals surface area contributed by atoms with Crippen molar-refractivity contribution in [2.24, 2.45) is 0 Å². The lowest BCUT2D eigenvalue weighted by Gasteiger charge is -2.13. The number of amides is 2. The number of thioether (sulfide) groups is 1. The maximum Gasteiger partial charge on any atom is 0.285 e. The summed E-state index contributed by atoms with van der Waals surface area (Å²) in [6.07, 6.45) is 0. The summed E-state index contributed by atoms with van der Waals surface area (Å²) in [4.78, 5) is 40.1. The van der Waals surface area contributed by atoms with Gasteiger partial charge in [-0.3, -0.25) is 24.5 Å². The molecule has 0 atom stereocenters. The average molecular weight is 358 g/mol. The van der Waals surface area contributed by atoms with E-state index in [0.717, 1.165) is 5.06 Å². The number of nitro groups is 1. The zero-order chi connectivity index (χ0) is 17.8. The van der Waals surface area contributed by atoms with Gasteiger partial charge in [0.1, 0.15) is 0 Å². The van der Waals surface area contributed by atoms with Gasteiger partial charge in [-0.2, -0.15) is 11.8 Å². The highest BCUT2D eigenvalue weighted by Crippen LogP contribution is 2.24. The molecule has 0 spiro atoms. The Hall–Kier alpha value is -2.71. The Balaban J connectivity index is 1.50. The first kappa shape index (κ1) is 17.1. The molecule has 0 saturated heterocycles. The zero-order valence-corrected chi connectivity index (χ0v) is 13.9. The van der Waals surface area contributed by atoms with Gasteiger partial charge in [-0.25, -0.2) is 0 Å². The lowest BCUT2D eigenvalue weighted by molar-refractivity contribution is -0.385. The fraction of sp³-hybridized carbons (Fsp3) is 0.176. The number of hydroxylamine groups is 2. The van der Waals surface area contributed by atoms with Crippen molar-refractivity contribution in [1.82, 2.24) is 5.06 Å². The van der Waals surface area contributed by atoms with Crippen LogP contribution < -0.4 is 0 Å². The van der Waals surface area contributed by atoms with Crippen LogP contribution in [-0.2, 0) is 10.6 Å². The van der Waals surface area contributed by atoms with E-state index in [-0.39, 0.29) is 12.3 Å². The van der Waals surface area contributed by atoms with E-state index in [0.29, 0.717) is 28.2 Å². The van der Waals surface area contributed by atoms with Crippen molar-refractivity contribution < 1.29 is 19.3 Å². The number of nitrogens with zero attached hydrogens (tertiary/aromatic N) is 2. The van der Waals surface area contributed by atoms with Crippen LogP contribution in [0, 0.1) is 10.1 Å². The van der Waals surface area contributed by atoms with Gasteiger partial charge >= 0.3 is 0 Å². The standard InChI is InChI=1S/C17H14N2O5S/c20-16-13-6-2-3-7-14(13)17(21)18(16)24-9-10-25-11-12-5-1-4-8-15(12)19(22)23/h1-8H,9-11H2. The smallest absolute Gasteiger partial charge is 0.266 e. The van der Waals surface area contributed by atoms with Gasteiger partial charge in [-0.1, -0.05) is 30.3 Å². The van der Waals surface area contributed by atoms with Gasteiger partial charge in [0.05, 0.1) is 22.7 Å². The zero-order valence-electron chi connectivity index (χ0n) is 13.1. The van der Waals surface area contributed by atoms with Gasteiger partial charge < -0.3 is 0 Å². The summed E-state index contributed by atoms with van der Waals surface area (Å²) in [5, 5.41) is 11.7. The molecule has 2 aromatic carbocycles. The summed E-state index contributed by atoms with van der Waals surface area (Å²) in [5.74, 6) is -0.00386. The van der Waals surface area contributed by atoms with Crippen molar-refractivity contribution in [2.45, 2.75) is 5.75 Å². The fourth-order valence-corrected chi connectivity index (χ4v) is 3.27. The van der Waals surface area contributed by atoms with E-state index in [2.05, 4.69) is 0 Å². The first-order chi connectivity index (χ1) is 12.1. The summed E-state index contributed by atoms with van der Waals surface area (Å²) in [6, 6.07) is 13.1. The molecule has 1 heterocycles. The molecule has 1 aliphatic rings. The molecule has 0 aromatic heterocycles. The maximum atomic E-state index is 12.1. The van der Waals surface area contributed by atoms with Crippen LogP contribution in [-0.4, -0.2) is 34.2 Å². The molecule has 25 heavy (non-hydrogen) atoms. The van der Waals surface area contributed by atoms with Crippen molar-refractivity contribution in [3.05, 3.63) is 75.3 Å². The van der Waals surface area contributed by atoms with Crippen molar-refractivity contribution in [3.63, 3.8) is 0 Å². The van der Waals surface area contributed by atoms with E-state index in [1.807, 2.05) is 0 Å². The first-order valence-electron chi connectivity index (χ1n) is 7.50. The highest BCUT2D eigenvalue weighted by molar-refractivity contribution is 7.98. The van der Waals surface area contributed by atoms with Crippen LogP contribution in [0.2, 0.25) is 0 Å². The largest absolute Gasteiger partial charge is 0.285 e. The molecular weight excluding hydrogens is 344 g/mol. The molecule has 8 heteroatoms. The van der Waals surface area contributed by atoms with E-state index in [4.69, 9.17) is 4.84 Å². The van der Waals surface area contributed by atoms with Crippen molar-refractivity contribution in [1.29, 1.82) is 0 Å². The number of carbonyl (C=O) groups is 2. The normalized spacial score (nSPS) is 13.2. The molecule has 2 aromatic rings. The summed E-state index contributed by atoms with van der Waals surface area (Å²) >= 11 is 1.43. The average Bonchev–Trinajstić information content (AvgIpc) is 2.87. The molecule has 2 amide bonds. The van der Waals surface area contributed by atoms with Crippen LogP contribution in [0.25, 0.3) is 0 Å². The predicted octanol–water partition coefficient (Wildman–Crippen LogP) is 3.06. The molecule has 0 N–H and O–H groups in total. The SMILES string of the molecule is O=C1c2ccccc2C(=O)N1OCCSCc1ccccc1[N+](=O)[O-]. The number of nitro benzene ring substituents is 1. The highest BCUT2D eigenvalue weighted by Gasteiger charge is 2.36. The van der Waals surface area contributed by atoms with E-state index in [1.54, 1.807) is 42.5 Å². The van der Waals surface area contributed by atoms with Crippen molar-refractivity contribution >= 4 is 29.3 Å². The first-order valence-corrected chi connectivity index (χ1v) is 8.66. The third-order valence-electron chi connectivity index (χ3n) is 3.65. The molecular formula is C17H14N2O5S. The van der Waals surface area contributed by atoms with Crippen LogP contribution in [0.1, 0.15) is 26.3 Å². The van der Waals surface area contributed by atoms with Gasteiger partial charge in [-0.15, -0.1) is 5.06 Å². The Morgan fingerprint density at radius 3 is 2.24 bits per heavy atom. The number of hydrogen-bond donors (Lipinski definition) is 0. The van der Waals surface area contributed by atoms with E-state index in [9.17, 15) is 19.7 Å². The molecule has 3 rings (SSSR count). The molecule has 0 radical (unpaired) electrons. The lowest BCUT2D eigenvalue weighted by atomic mass is 10.1. The Morgan fingerprint density at radius 2 is 1.60 bits per heavy atom. The number of hydrogen-bond acceptors (Lipinski definition) is 6. The van der Waals surface area contributed by atoms with E-state index >= 15 is 0 Å². The quantitative estimate of drug-likeness (QED) is 0.327. The maximum absolute atomic E-state index is 12.1. The summed E-state index contributed by atoms with van der Waals surface area (Å²) in [6.45, 7) is 0.150. The van der Waals surface area contributed by atoms with Gasteiger partial charge in [0.2, 0.25) is 0 Å². The number of rotatable bonds is 7. The van der Waals surface area contributed by atoms with Crippen LogP contribution in [0.4, 0.5) is 5.69 Å². The van der Waals surface area contributed by atoms with Crippen molar-refractivity contribution in [2.75, 3.05) is 12.4 Å². The van der Waals surface area contributed by atoms with E-state index in [1.165, 1.54) is 17.8 Å². The molecule has 128 valence electrons. The number of fused-ring (bicyclic) bond motifs is 1. The minimum absolute atomic E-state index is 0.0799. The van der Waals surface area contributed by atoms with Gasteiger partial charge in [-0.05, 0) is 12.1 Å². The number of para-hydroxylation sites is 1.